The number of aromatic nitrogens is 2. The summed E-state index contributed by atoms with van der Waals surface area (Å²) >= 11 is 6.10. The van der Waals surface area contributed by atoms with E-state index in [2.05, 4.69) is 22.1 Å². The Bertz CT molecular complexity index is 963. The molecule has 6 nitrogen and oxygen atoms in total. The van der Waals surface area contributed by atoms with E-state index in [4.69, 9.17) is 11.6 Å². The second-order valence-electron chi connectivity index (χ2n) is 5.36. The van der Waals surface area contributed by atoms with Crippen molar-refractivity contribution in [2.45, 2.75) is 0 Å². The molecule has 0 aliphatic heterocycles. The number of likely N-dealkylation sites (N-methyl/N-ethyl adjacent to an activating group) is 1. The molecule has 2 N–H and O–H groups in total. The third kappa shape index (κ3) is 3.25. The Morgan fingerprint density at radius 3 is 2.64 bits per heavy atom. The van der Waals surface area contributed by atoms with Crippen LogP contribution in [0, 0.1) is 0 Å². The van der Waals surface area contributed by atoms with E-state index < -0.39 is 0 Å². The lowest BCUT2D eigenvalue weighted by molar-refractivity contribution is -0.113. The molecule has 25 heavy (non-hydrogen) atoms. The predicted octanol–water partition coefficient (Wildman–Crippen LogP) is 3.62. The number of rotatable bonds is 4. The Morgan fingerprint density at radius 2 is 1.96 bits per heavy atom. The van der Waals surface area contributed by atoms with E-state index in [1.807, 2.05) is 0 Å². The summed E-state index contributed by atoms with van der Waals surface area (Å²) in [5.74, 6) is -0.498. The first-order chi connectivity index (χ1) is 12.0. The smallest absolute Gasteiger partial charge is 0.255 e. The zero-order chi connectivity index (χ0) is 18.0. The summed E-state index contributed by atoms with van der Waals surface area (Å²) in [6.07, 6.45) is 2.84. The summed E-state index contributed by atoms with van der Waals surface area (Å²) in [6, 6.07) is 10.1. The Labute approximate surface area is 149 Å². The van der Waals surface area contributed by atoms with Crippen LogP contribution in [0.4, 0.5) is 11.4 Å². The lowest BCUT2D eigenvalue weighted by atomic mass is 10.1. The molecule has 1 heterocycles. The zero-order valence-electron chi connectivity index (χ0n) is 13.4. The van der Waals surface area contributed by atoms with Crippen molar-refractivity contribution >= 4 is 45.7 Å². The molecule has 0 aliphatic rings. The molecule has 126 valence electrons. The van der Waals surface area contributed by atoms with Crippen LogP contribution in [0.15, 0.2) is 55.3 Å². The van der Waals surface area contributed by atoms with Crippen molar-refractivity contribution in [2.24, 2.45) is 0 Å². The van der Waals surface area contributed by atoms with Crippen molar-refractivity contribution in [3.8, 4) is 0 Å². The lowest BCUT2D eigenvalue weighted by Gasteiger charge is -2.15. The first-order valence-corrected chi connectivity index (χ1v) is 7.82. The minimum atomic E-state index is -0.275. The molecule has 0 radical (unpaired) electrons. The van der Waals surface area contributed by atoms with Crippen molar-refractivity contribution in [1.29, 1.82) is 0 Å². The number of H-pyrrole nitrogens is 1. The number of halogens is 1. The number of amides is 2. The van der Waals surface area contributed by atoms with E-state index in [1.165, 1.54) is 11.0 Å². The van der Waals surface area contributed by atoms with Crippen LogP contribution in [0.5, 0.6) is 0 Å². The van der Waals surface area contributed by atoms with E-state index in [0.29, 0.717) is 27.5 Å². The van der Waals surface area contributed by atoms with Gasteiger partial charge in [-0.3, -0.25) is 14.7 Å². The molecule has 3 rings (SSSR count). The fraction of sp³-hybridized carbons (Fsp3) is 0.0556. The van der Waals surface area contributed by atoms with Gasteiger partial charge in [-0.15, -0.1) is 0 Å². The van der Waals surface area contributed by atoms with Gasteiger partial charge in [0.25, 0.3) is 5.91 Å². The molecular weight excluding hydrogens is 340 g/mol. The molecule has 0 bridgehead atoms. The largest absolute Gasteiger partial charge is 0.320 e. The van der Waals surface area contributed by atoms with Crippen LogP contribution in [0.25, 0.3) is 10.9 Å². The van der Waals surface area contributed by atoms with Gasteiger partial charge in [0.05, 0.1) is 22.4 Å². The van der Waals surface area contributed by atoms with Crippen molar-refractivity contribution in [1.82, 2.24) is 10.2 Å². The average molecular weight is 355 g/mol. The maximum Gasteiger partial charge on any atom is 0.255 e. The van der Waals surface area contributed by atoms with Gasteiger partial charge in [-0.25, -0.2) is 0 Å². The van der Waals surface area contributed by atoms with Gasteiger partial charge in [0.15, 0.2) is 0 Å². The minimum Gasteiger partial charge on any atom is -0.320 e. The topological polar surface area (TPSA) is 78.1 Å². The maximum absolute atomic E-state index is 12.5. The standard InChI is InChI=1S/C18H15ClN4O2/c1-3-16(24)23(2)12-6-4-11(5-7-12)18(25)21-15-9-8-14(19)13-10-20-22-17(13)15/h3-10H,1H2,2H3,(H,20,22)(H,21,25). The highest BCUT2D eigenvalue weighted by Gasteiger charge is 2.12. The molecule has 1 aromatic heterocycles. The van der Waals surface area contributed by atoms with Gasteiger partial charge in [0.2, 0.25) is 5.91 Å². The van der Waals surface area contributed by atoms with E-state index in [-0.39, 0.29) is 11.8 Å². The maximum atomic E-state index is 12.5. The van der Waals surface area contributed by atoms with Crippen LogP contribution in [0.3, 0.4) is 0 Å². The van der Waals surface area contributed by atoms with Crippen LogP contribution in [0.1, 0.15) is 10.4 Å². The molecule has 2 amide bonds. The fourth-order valence-electron chi connectivity index (χ4n) is 2.40. The summed E-state index contributed by atoms with van der Waals surface area (Å²) in [7, 11) is 1.64. The first kappa shape index (κ1) is 16.7. The van der Waals surface area contributed by atoms with Crippen LogP contribution in [-0.4, -0.2) is 29.1 Å². The van der Waals surface area contributed by atoms with Crippen molar-refractivity contribution in [2.75, 3.05) is 17.3 Å². The SMILES string of the molecule is C=CC(=O)N(C)c1ccc(C(=O)Nc2ccc(Cl)c3cn[nH]c23)cc1. The lowest BCUT2D eigenvalue weighted by Crippen LogP contribution is -2.23. The summed E-state index contributed by atoms with van der Waals surface area (Å²) < 4.78 is 0. The average Bonchev–Trinajstić information content (AvgIpc) is 3.14. The predicted molar refractivity (Wildman–Crippen MR) is 99.1 cm³/mol. The van der Waals surface area contributed by atoms with Gasteiger partial charge in [-0.1, -0.05) is 18.2 Å². The quantitative estimate of drug-likeness (QED) is 0.702. The van der Waals surface area contributed by atoms with Crippen LogP contribution >= 0.6 is 11.6 Å². The number of hydrogen-bond donors (Lipinski definition) is 2. The van der Waals surface area contributed by atoms with Crippen LogP contribution < -0.4 is 10.2 Å². The molecule has 0 spiro atoms. The summed E-state index contributed by atoms with van der Waals surface area (Å²) in [5.41, 5.74) is 2.38. The Kier molecular flexibility index (Phi) is 4.54. The monoisotopic (exact) mass is 354 g/mol. The highest BCUT2D eigenvalue weighted by molar-refractivity contribution is 6.36. The Balaban J connectivity index is 1.81. The number of carbonyl (C=O) groups is 2. The van der Waals surface area contributed by atoms with E-state index in [0.717, 1.165) is 5.39 Å². The molecular formula is C18H15ClN4O2. The molecule has 2 aromatic carbocycles. The van der Waals surface area contributed by atoms with Crippen molar-refractivity contribution < 1.29 is 9.59 Å². The number of fused-ring (bicyclic) bond motifs is 1. The number of nitrogens with one attached hydrogen (secondary N) is 2. The van der Waals surface area contributed by atoms with Gasteiger partial charge >= 0.3 is 0 Å². The van der Waals surface area contributed by atoms with Gasteiger partial charge < -0.3 is 10.2 Å². The van der Waals surface area contributed by atoms with Gasteiger partial charge in [0.1, 0.15) is 0 Å². The molecule has 3 aromatic rings. The first-order valence-electron chi connectivity index (χ1n) is 7.44. The highest BCUT2D eigenvalue weighted by atomic mass is 35.5. The number of benzene rings is 2. The van der Waals surface area contributed by atoms with E-state index >= 15 is 0 Å². The van der Waals surface area contributed by atoms with E-state index in [9.17, 15) is 9.59 Å². The normalized spacial score (nSPS) is 10.5. The second kappa shape index (κ2) is 6.78. The van der Waals surface area contributed by atoms with Gasteiger partial charge in [-0.05, 0) is 42.5 Å². The molecule has 7 heteroatoms. The number of anilines is 2. The van der Waals surface area contributed by atoms with Crippen molar-refractivity contribution in [3.05, 3.63) is 65.8 Å². The van der Waals surface area contributed by atoms with Crippen LogP contribution in [0.2, 0.25) is 5.02 Å². The summed E-state index contributed by atoms with van der Waals surface area (Å²) in [4.78, 5) is 25.5. The molecule has 0 fully saturated rings. The summed E-state index contributed by atoms with van der Waals surface area (Å²) in [5, 5.41) is 10.9. The third-order valence-electron chi connectivity index (χ3n) is 3.83. The number of hydrogen-bond acceptors (Lipinski definition) is 3. The molecule has 0 unspecified atom stereocenters. The van der Waals surface area contributed by atoms with Crippen LogP contribution in [-0.2, 0) is 4.79 Å². The van der Waals surface area contributed by atoms with E-state index in [1.54, 1.807) is 49.6 Å². The minimum absolute atomic E-state index is 0.222. The number of nitrogens with zero attached hydrogens (tertiary/aromatic N) is 2. The van der Waals surface area contributed by atoms with Gasteiger partial charge in [-0.2, -0.15) is 5.10 Å². The Morgan fingerprint density at radius 1 is 1.24 bits per heavy atom. The molecule has 0 aliphatic carbocycles. The summed E-state index contributed by atoms with van der Waals surface area (Å²) in [6.45, 7) is 3.45. The fourth-order valence-corrected chi connectivity index (χ4v) is 2.61. The van der Waals surface area contributed by atoms with Crippen molar-refractivity contribution in [3.63, 3.8) is 0 Å². The zero-order valence-corrected chi connectivity index (χ0v) is 14.2. The molecule has 0 saturated heterocycles. The third-order valence-corrected chi connectivity index (χ3v) is 4.16. The molecule has 0 atom stereocenters. The Hall–Kier alpha value is -3.12. The second-order valence-corrected chi connectivity index (χ2v) is 5.76. The number of carbonyl (C=O) groups excluding carboxylic acids is 2. The molecule has 0 saturated carbocycles. The number of aromatic amines is 1. The highest BCUT2D eigenvalue weighted by Crippen LogP contribution is 2.28. The van der Waals surface area contributed by atoms with Gasteiger partial charge in [0, 0.05) is 23.7 Å².